The Morgan fingerprint density at radius 2 is 1.27 bits per heavy atom. The highest BCUT2D eigenvalue weighted by atomic mass is 19.2. The van der Waals surface area contributed by atoms with Crippen molar-refractivity contribution in [2.24, 2.45) is 0 Å². The highest BCUT2D eigenvalue weighted by Crippen LogP contribution is 2.32. The van der Waals surface area contributed by atoms with Crippen LogP contribution in [-0.2, 0) is 19.1 Å². The second-order valence-corrected chi connectivity index (χ2v) is 6.54. The minimum absolute atomic E-state index is 0.0337. The zero-order chi connectivity index (χ0) is 24.5. The van der Waals surface area contributed by atoms with E-state index in [1.165, 1.54) is 32.0 Å². The van der Waals surface area contributed by atoms with Crippen LogP contribution in [0.3, 0.4) is 0 Å². The molecule has 0 heterocycles. The van der Waals surface area contributed by atoms with Crippen molar-refractivity contribution in [2.75, 3.05) is 0 Å². The molecular weight excluding hydrogens is 441 g/mol. The van der Waals surface area contributed by atoms with Gasteiger partial charge in [-0.2, -0.15) is 4.39 Å². The number of carbonyl (C=O) groups is 2. The maximum Gasteiger partial charge on any atom is 0.338 e. The fourth-order valence-corrected chi connectivity index (χ4v) is 2.19. The number of carbonyl (C=O) groups excluding carboxylic acids is 2. The summed E-state index contributed by atoms with van der Waals surface area (Å²) in [7, 11) is 0. The van der Waals surface area contributed by atoms with Gasteiger partial charge in [-0.15, -0.1) is 0 Å². The zero-order valence-corrected chi connectivity index (χ0v) is 17.7. The molecule has 0 fully saturated rings. The fourth-order valence-electron chi connectivity index (χ4n) is 2.19. The van der Waals surface area contributed by atoms with Crippen molar-refractivity contribution < 1.29 is 41.7 Å². The molecule has 172 valence electrons. The predicted molar refractivity (Wildman–Crippen MR) is 113 cm³/mol. The molecule has 0 bridgehead atoms. The molecule has 0 aliphatic heterocycles. The maximum absolute atomic E-state index is 14.5. The van der Waals surface area contributed by atoms with Gasteiger partial charge in [-0.05, 0) is 43.7 Å². The monoisotopic (exact) mass is 460 g/mol. The summed E-state index contributed by atoms with van der Waals surface area (Å²) in [5.74, 6) is -5.59. The third-order valence-electron chi connectivity index (χ3n) is 3.84. The summed E-state index contributed by atoms with van der Waals surface area (Å²) in [6.45, 7) is 9.66. The van der Waals surface area contributed by atoms with Crippen molar-refractivity contribution in [3.63, 3.8) is 0 Å². The molecule has 0 saturated heterocycles. The average Bonchev–Trinajstić information content (AvgIpc) is 2.77. The molecule has 0 aliphatic rings. The number of hydrogen-bond donors (Lipinski definition) is 0. The summed E-state index contributed by atoms with van der Waals surface area (Å²) < 4.78 is 62.4. The molecule has 33 heavy (non-hydrogen) atoms. The van der Waals surface area contributed by atoms with Crippen LogP contribution in [0.4, 0.5) is 13.2 Å². The van der Waals surface area contributed by atoms with Gasteiger partial charge in [-0.1, -0.05) is 19.2 Å². The maximum atomic E-state index is 14.5. The summed E-state index contributed by atoms with van der Waals surface area (Å²) in [5, 5.41) is 0. The van der Waals surface area contributed by atoms with Crippen molar-refractivity contribution in [1.29, 1.82) is 0 Å². The molecule has 2 rings (SSSR count). The van der Waals surface area contributed by atoms with Gasteiger partial charge in [0.25, 0.3) is 0 Å². The van der Waals surface area contributed by atoms with Gasteiger partial charge in [0.1, 0.15) is 25.0 Å². The average molecular weight is 460 g/mol. The smallest absolute Gasteiger partial charge is 0.338 e. The van der Waals surface area contributed by atoms with Gasteiger partial charge < -0.3 is 18.9 Å². The summed E-state index contributed by atoms with van der Waals surface area (Å²) in [4.78, 5) is 22.5. The Labute approximate surface area is 187 Å². The zero-order valence-electron chi connectivity index (χ0n) is 17.7. The molecule has 0 spiro atoms. The molecule has 0 saturated carbocycles. The van der Waals surface area contributed by atoms with Gasteiger partial charge in [0.2, 0.25) is 5.82 Å². The molecule has 0 aliphatic carbocycles. The Kier molecular flexibility index (Phi) is 8.62. The summed E-state index contributed by atoms with van der Waals surface area (Å²) >= 11 is 0. The highest BCUT2D eigenvalue weighted by Gasteiger charge is 2.17. The molecule has 2 aromatic carbocycles. The molecule has 0 atom stereocenters. The van der Waals surface area contributed by atoms with Gasteiger partial charge in [0.15, 0.2) is 23.1 Å². The van der Waals surface area contributed by atoms with Crippen LogP contribution in [0.15, 0.2) is 79.7 Å². The molecule has 2 aromatic rings. The molecule has 6 nitrogen and oxygen atoms in total. The van der Waals surface area contributed by atoms with E-state index in [2.05, 4.69) is 22.6 Å². The SMILES string of the molecule is C=C(C)C(=O)O/C=C\Oc1ccc(-c2ccc(O/C=C\OC(=O)C(=C)C)c(F)c2F)cc1F. The van der Waals surface area contributed by atoms with Gasteiger partial charge in [0, 0.05) is 16.7 Å². The van der Waals surface area contributed by atoms with Crippen LogP contribution in [-0.4, -0.2) is 11.9 Å². The Balaban J connectivity index is 2.11. The highest BCUT2D eigenvalue weighted by molar-refractivity contribution is 5.87. The first-order valence-electron chi connectivity index (χ1n) is 9.26. The van der Waals surface area contributed by atoms with Crippen LogP contribution in [0.2, 0.25) is 0 Å². The first-order valence-corrected chi connectivity index (χ1v) is 9.26. The van der Waals surface area contributed by atoms with Crippen LogP contribution in [0.25, 0.3) is 11.1 Å². The van der Waals surface area contributed by atoms with E-state index in [0.29, 0.717) is 0 Å². The van der Waals surface area contributed by atoms with Crippen molar-refractivity contribution in [2.45, 2.75) is 13.8 Å². The lowest BCUT2D eigenvalue weighted by Gasteiger charge is -2.09. The first-order chi connectivity index (χ1) is 15.6. The van der Waals surface area contributed by atoms with E-state index in [0.717, 1.165) is 37.2 Å². The van der Waals surface area contributed by atoms with Crippen molar-refractivity contribution in [3.05, 3.63) is 97.1 Å². The molecular formula is C24H19F3O6. The quantitative estimate of drug-likeness (QED) is 0.271. The number of rotatable bonds is 9. The van der Waals surface area contributed by atoms with E-state index in [4.69, 9.17) is 9.47 Å². The van der Waals surface area contributed by atoms with E-state index in [-0.39, 0.29) is 28.0 Å². The van der Waals surface area contributed by atoms with Gasteiger partial charge in [-0.25, -0.2) is 18.4 Å². The topological polar surface area (TPSA) is 71.1 Å². The van der Waals surface area contributed by atoms with Crippen LogP contribution < -0.4 is 9.47 Å². The second-order valence-electron chi connectivity index (χ2n) is 6.54. The largest absolute Gasteiger partial charge is 0.459 e. The molecule has 9 heteroatoms. The van der Waals surface area contributed by atoms with Crippen molar-refractivity contribution in [3.8, 4) is 22.6 Å². The minimum Gasteiger partial charge on any atom is -0.459 e. The Hall–Kier alpha value is -4.27. The third-order valence-corrected chi connectivity index (χ3v) is 3.84. The summed E-state index contributed by atoms with van der Waals surface area (Å²) in [5.41, 5.74) is 0.121. The third kappa shape index (κ3) is 6.86. The van der Waals surface area contributed by atoms with E-state index in [9.17, 15) is 22.8 Å². The predicted octanol–water partition coefficient (Wildman–Crippen LogP) is 5.71. The van der Waals surface area contributed by atoms with Crippen LogP contribution >= 0.6 is 0 Å². The van der Waals surface area contributed by atoms with Crippen LogP contribution in [0.1, 0.15) is 13.8 Å². The fraction of sp³-hybridized carbons (Fsp3) is 0.0833. The molecule has 0 amide bonds. The van der Waals surface area contributed by atoms with Crippen molar-refractivity contribution >= 4 is 11.9 Å². The normalized spacial score (nSPS) is 10.8. The van der Waals surface area contributed by atoms with Crippen molar-refractivity contribution in [1.82, 2.24) is 0 Å². The van der Waals surface area contributed by atoms with E-state index in [1.54, 1.807) is 0 Å². The molecule has 0 unspecified atom stereocenters. The minimum atomic E-state index is -1.33. The van der Waals surface area contributed by atoms with Crippen LogP contribution in [0, 0.1) is 17.5 Å². The summed E-state index contributed by atoms with van der Waals surface area (Å²) in [6, 6.07) is 5.75. The number of halogens is 3. The molecule has 0 aromatic heterocycles. The Morgan fingerprint density at radius 1 is 0.758 bits per heavy atom. The van der Waals surface area contributed by atoms with Crippen LogP contribution in [0.5, 0.6) is 11.5 Å². The lowest BCUT2D eigenvalue weighted by Crippen LogP contribution is -2.00. The molecule has 0 radical (unpaired) electrons. The number of benzene rings is 2. The Morgan fingerprint density at radius 3 is 1.79 bits per heavy atom. The summed E-state index contributed by atoms with van der Waals surface area (Å²) in [6.07, 6.45) is 3.55. The van der Waals surface area contributed by atoms with Gasteiger partial charge in [-0.3, -0.25) is 0 Å². The first kappa shape index (κ1) is 25.0. The molecule has 0 N–H and O–H groups in total. The second kappa shape index (κ2) is 11.4. The number of ether oxygens (including phenoxy) is 4. The lowest BCUT2D eigenvalue weighted by molar-refractivity contribution is -0.134. The number of hydrogen-bond acceptors (Lipinski definition) is 6. The van der Waals surface area contributed by atoms with Gasteiger partial charge in [0.05, 0.1) is 0 Å². The number of esters is 2. The van der Waals surface area contributed by atoms with E-state index < -0.39 is 35.1 Å². The standard InChI is InChI=1S/C24H19F3O6/c1-14(2)23(28)32-11-9-30-19-7-5-16(13-18(19)25)17-6-8-20(22(27)21(17)26)31-10-12-33-24(29)15(3)4/h5-13H,1,3H2,2,4H3/b11-9-,12-10-. The van der Waals surface area contributed by atoms with Gasteiger partial charge >= 0.3 is 11.9 Å². The lowest BCUT2D eigenvalue weighted by atomic mass is 10.0. The Bertz CT molecular complexity index is 1150. The van der Waals surface area contributed by atoms with E-state index in [1.807, 2.05) is 0 Å². The van der Waals surface area contributed by atoms with E-state index >= 15 is 0 Å².